The van der Waals surface area contributed by atoms with Gasteiger partial charge in [0.15, 0.2) is 34.9 Å². The lowest BCUT2D eigenvalue weighted by Gasteiger charge is -2.28. The van der Waals surface area contributed by atoms with Crippen LogP contribution in [0.25, 0.3) is 0 Å². The number of hydrogen-bond acceptors (Lipinski definition) is 22. The van der Waals surface area contributed by atoms with E-state index in [-0.39, 0.29) is 48.8 Å². The maximum atomic E-state index is 16.2. The second-order valence-electron chi connectivity index (χ2n) is 25.5. The number of hydrogen-bond donors (Lipinski definition) is 11. The van der Waals surface area contributed by atoms with Crippen LogP contribution in [0.5, 0.6) is 0 Å². The molecular weight excluding hydrogens is 1680 g/mol. The van der Waals surface area contributed by atoms with Crippen LogP contribution in [0.2, 0.25) is 0 Å². The first-order chi connectivity index (χ1) is 56.8. The summed E-state index contributed by atoms with van der Waals surface area (Å²) in [5.41, 5.74) is -6.53. The molecule has 0 spiro atoms. The van der Waals surface area contributed by atoms with Gasteiger partial charge >= 0.3 is 23.9 Å². The van der Waals surface area contributed by atoms with Crippen molar-refractivity contribution >= 4 is 92.5 Å². The van der Waals surface area contributed by atoms with Crippen molar-refractivity contribution in [3.05, 3.63) is 318 Å². The van der Waals surface area contributed by atoms with Crippen LogP contribution < -0.4 is 19.7 Å². The summed E-state index contributed by atoms with van der Waals surface area (Å²) in [7, 11) is 0.822. The first-order valence-electron chi connectivity index (χ1n) is 35.1. The van der Waals surface area contributed by atoms with Gasteiger partial charge in [0.05, 0.1) is 94.3 Å². The maximum absolute atomic E-state index is 16.2. The van der Waals surface area contributed by atoms with E-state index < -0.39 is 223 Å². The van der Waals surface area contributed by atoms with E-state index in [1.54, 1.807) is 95.7 Å². The molecule has 0 unspecified atom stereocenters. The Morgan fingerprint density at radius 1 is 0.405 bits per heavy atom. The van der Waals surface area contributed by atoms with Crippen LogP contribution in [0.15, 0.2) is 209 Å². The molecule has 0 saturated heterocycles. The van der Waals surface area contributed by atoms with E-state index in [1.165, 1.54) is 64.6 Å². The van der Waals surface area contributed by atoms with Gasteiger partial charge in [-0.2, -0.15) is 0 Å². The van der Waals surface area contributed by atoms with Gasteiger partial charge in [0.2, 0.25) is 0 Å². The summed E-state index contributed by atoms with van der Waals surface area (Å²) < 4.78 is 179. The minimum absolute atomic E-state index is 0. The van der Waals surface area contributed by atoms with Gasteiger partial charge in [-0.05, 0) is 90.9 Å². The number of benzene rings is 10. The molecular formula is C83H85ClF6N6O22S3. The van der Waals surface area contributed by atoms with Crippen molar-refractivity contribution in [2.75, 3.05) is 56.6 Å². The molecule has 0 aromatic heterocycles. The topological polar surface area (TPSA) is 431 Å². The lowest BCUT2D eigenvalue weighted by atomic mass is 9.97. The Labute approximate surface area is 697 Å². The number of sulfonamides is 2. The van der Waals surface area contributed by atoms with Crippen LogP contribution in [-0.2, 0) is 105 Å². The zero-order valence-electron chi connectivity index (χ0n) is 64.6. The first-order valence-corrected chi connectivity index (χ1v) is 40.3. The number of aliphatic hydroxyl groups excluding tert-OH is 6. The number of aliphatic hydroxyl groups is 6. The van der Waals surface area contributed by atoms with E-state index in [9.17, 15) is 102 Å². The van der Waals surface area contributed by atoms with E-state index in [0.717, 1.165) is 57.3 Å². The number of carbonyl (C=O) groups is 6. The molecule has 28 nitrogen and oxygen atoms in total. The van der Waals surface area contributed by atoms with Gasteiger partial charge in [-0.1, -0.05) is 147 Å². The second kappa shape index (κ2) is 45.9. The molecule has 10 aromatic carbocycles. The smallest absolute Gasteiger partial charge is 0.338 e. The van der Waals surface area contributed by atoms with E-state index in [4.69, 9.17) is 30.4 Å². The quantitative estimate of drug-likeness (QED) is 0.0123. The van der Waals surface area contributed by atoms with Gasteiger partial charge in [0, 0.05) is 78.8 Å². The fourth-order valence-electron chi connectivity index (χ4n) is 11.1. The van der Waals surface area contributed by atoms with E-state index in [1.807, 2.05) is 44.4 Å². The number of ether oxygens (including phenoxy) is 2. The number of carboxylic acid groups (broad SMARTS) is 2. The third kappa shape index (κ3) is 25.5. The second-order valence-corrected chi connectivity index (χ2v) is 31.6. The summed E-state index contributed by atoms with van der Waals surface area (Å²) in [6, 6.07) is 49.0. The largest absolute Gasteiger partial charge is 0.478 e. The predicted molar refractivity (Wildman–Crippen MR) is 434 cm³/mol. The molecule has 0 heterocycles. The Bertz CT molecular complexity index is 5590. The molecule has 38 heteroatoms. The number of carboxylic acids is 2. The van der Waals surface area contributed by atoms with Crippen molar-refractivity contribution < 1.29 is 131 Å². The highest BCUT2D eigenvalue weighted by Crippen LogP contribution is 2.39. The third-order valence-corrected chi connectivity index (χ3v) is 21.3. The number of carbonyl (C=O) groups excluding carboxylic acids is 4. The maximum Gasteiger partial charge on any atom is 0.338 e. The van der Waals surface area contributed by atoms with Crippen LogP contribution in [0.1, 0.15) is 125 Å². The van der Waals surface area contributed by atoms with Crippen molar-refractivity contribution in [3.63, 3.8) is 0 Å². The van der Waals surface area contributed by atoms with Crippen molar-refractivity contribution in [2.24, 2.45) is 0 Å². The van der Waals surface area contributed by atoms with E-state index in [0.29, 0.717) is 15.4 Å². The Morgan fingerprint density at radius 2 is 0.727 bits per heavy atom. The lowest BCUT2D eigenvalue weighted by Crippen LogP contribution is -2.34. The van der Waals surface area contributed by atoms with Gasteiger partial charge < -0.3 is 70.8 Å². The Balaban J connectivity index is 0.000000296. The Hall–Kier alpha value is -12.1. The molecule has 646 valence electrons. The monoisotopic (exact) mass is 1760 g/mol. The van der Waals surface area contributed by atoms with Crippen LogP contribution in [0.3, 0.4) is 0 Å². The summed E-state index contributed by atoms with van der Waals surface area (Å²) in [6.07, 6.45) is 0. The number of aromatic carboxylic acids is 2. The van der Waals surface area contributed by atoms with Crippen molar-refractivity contribution in [2.45, 2.75) is 88.1 Å². The standard InChI is InChI=1S/C32H30F2N2O7S.C18H18F2N2O7S.C16H15F2NO4.C14H11ClO4S.C2H7N.CH4/c1-35(2)31(39)27-25(18-37)28(33)30(29(34)26(27)19-38)36(17-21-10-5-3-6-11-21)44(41,42)24-15-9-14-23(16-24)32(40)43-20-22-12-7-4-8-13-22;1-22(2)17(25)13-11(7-23)14(19)16(15(20)12(13)8-24)21-30(28,29)10-5-3-4-9(6-10)18(26)27;17-13-10(7-20)12(16(22)23)11(8-21)14(18)15(13)19-6-9-4-2-1-3-5-9;15-20(17,18)13-8-4-7-12(9-13)14(16)19-10-11-5-2-1-3-6-11;1-3-2;/h3-16,37-38H,17-20H2,1-2H3;3-6,21,23-24H,7-8H2,1-2H3,(H,26,27);1-5,19-21H,6-8H2,(H,22,23);1-9H,10H2;3H,1-2H3;1H4. The summed E-state index contributed by atoms with van der Waals surface area (Å²) in [5.74, 6) is -14.7. The number of esters is 2. The molecule has 0 bridgehead atoms. The van der Waals surface area contributed by atoms with Gasteiger partial charge in [-0.3, -0.25) is 18.6 Å². The highest BCUT2D eigenvalue weighted by molar-refractivity contribution is 8.13. The molecule has 10 rings (SSSR count). The molecule has 121 heavy (non-hydrogen) atoms. The van der Waals surface area contributed by atoms with Crippen molar-refractivity contribution in [1.82, 2.24) is 15.1 Å². The molecule has 0 aliphatic rings. The lowest BCUT2D eigenvalue weighted by molar-refractivity contribution is 0.0463. The molecule has 0 aliphatic heterocycles. The fourth-order valence-corrected chi connectivity index (χ4v) is 14.5. The zero-order chi connectivity index (χ0) is 89.1. The first kappa shape index (κ1) is 99.4. The van der Waals surface area contributed by atoms with E-state index in [2.05, 4.69) is 10.6 Å². The van der Waals surface area contributed by atoms with E-state index >= 15 is 8.78 Å². The molecule has 0 aliphatic carbocycles. The summed E-state index contributed by atoms with van der Waals surface area (Å²) in [5, 5.41) is 81.0. The van der Waals surface area contributed by atoms with Crippen LogP contribution in [0, 0.1) is 34.9 Å². The molecule has 0 radical (unpaired) electrons. The molecule has 10 aromatic rings. The van der Waals surface area contributed by atoms with Crippen LogP contribution >= 0.6 is 10.7 Å². The normalized spacial score (nSPS) is 10.9. The number of halogens is 7. The number of nitrogens with one attached hydrogen (secondary N) is 3. The zero-order valence-corrected chi connectivity index (χ0v) is 67.8. The third-order valence-electron chi connectivity index (χ3n) is 16.9. The highest BCUT2D eigenvalue weighted by atomic mass is 35.7. The summed E-state index contributed by atoms with van der Waals surface area (Å²) in [4.78, 5) is 72.8. The molecule has 0 fully saturated rings. The molecule has 0 atom stereocenters. The average Bonchev–Trinajstić information content (AvgIpc) is 0.744. The van der Waals surface area contributed by atoms with Gasteiger partial charge in [-0.25, -0.2) is 70.8 Å². The number of nitrogens with zero attached hydrogens (tertiary/aromatic N) is 3. The number of anilines is 3. The number of amides is 2. The van der Waals surface area contributed by atoms with Crippen LogP contribution in [0.4, 0.5) is 43.4 Å². The van der Waals surface area contributed by atoms with Crippen molar-refractivity contribution in [3.8, 4) is 0 Å². The minimum atomic E-state index is -4.83. The van der Waals surface area contributed by atoms with Gasteiger partial charge in [-0.15, -0.1) is 0 Å². The Kier molecular flexibility index (Phi) is 37.7. The highest BCUT2D eigenvalue weighted by Gasteiger charge is 2.38. The van der Waals surface area contributed by atoms with Crippen molar-refractivity contribution in [1.29, 1.82) is 0 Å². The average molecular weight is 1760 g/mol. The van der Waals surface area contributed by atoms with Crippen LogP contribution in [-0.4, -0.2) is 154 Å². The molecule has 2 amide bonds. The minimum Gasteiger partial charge on any atom is -0.478 e. The SMILES string of the molecule is C.CN(C)C(=O)c1c(CO)c(F)c(N(Cc2ccccc2)S(=O)(=O)c2cccc(C(=O)OCc3ccccc3)c2)c(F)c1CO.CN(C)C(=O)c1c(CO)c(F)c(NS(=O)(=O)c2cccc(C(=O)O)c2)c(F)c1CO.CNC.O=C(O)c1c(CO)c(F)c(NCc2ccccc2)c(F)c1CO.O=C(OCc1ccccc1)c1cccc(S(=O)(=O)Cl)c1. The number of rotatable bonds is 28. The molecule has 11 N–H and O–H groups in total. The fraction of sp³-hybridized carbons (Fsp3) is 0.205. The summed E-state index contributed by atoms with van der Waals surface area (Å²) in [6.45, 7) is -6.65. The molecule has 0 saturated carbocycles. The summed E-state index contributed by atoms with van der Waals surface area (Å²) >= 11 is 0. The predicted octanol–water partition coefficient (Wildman–Crippen LogP) is 11.3. The Morgan fingerprint density at radius 3 is 1.09 bits per heavy atom. The van der Waals surface area contributed by atoms with Gasteiger partial charge in [0.25, 0.3) is 40.9 Å². The van der Waals surface area contributed by atoms with Gasteiger partial charge in [0.1, 0.15) is 30.3 Å².